The molecule has 0 fully saturated rings. The number of carboxylic acids is 1. The van der Waals surface area contributed by atoms with Crippen LogP contribution in [0.2, 0.25) is 0 Å². The number of benzene rings is 1. The van der Waals surface area contributed by atoms with E-state index in [0.717, 1.165) is 11.6 Å². The van der Waals surface area contributed by atoms with E-state index >= 15 is 0 Å². The second-order valence-electron chi connectivity index (χ2n) is 3.37. The fourth-order valence-corrected chi connectivity index (χ4v) is 1.14. The van der Waals surface area contributed by atoms with Crippen LogP contribution in [-0.2, 0) is 4.79 Å². The molecule has 0 radical (unpaired) electrons. The number of allylic oxidation sites excluding steroid dienone is 1. The first kappa shape index (κ1) is 11.2. The van der Waals surface area contributed by atoms with Crippen molar-refractivity contribution in [2.45, 2.75) is 13.8 Å². The average Bonchev–Trinajstić information content (AvgIpc) is 2.17. The summed E-state index contributed by atoms with van der Waals surface area (Å²) in [4.78, 5) is 22.1. The molecular formula is C12H12O3. The van der Waals surface area contributed by atoms with Gasteiger partial charge in [-0.05, 0) is 26.0 Å². The standard InChI is InChI=1S/C12H12O3/c1-8-4-3-5-10(6-8)11(13)7-9(2)12(14)15/h3-7H,1-2H3,(H,14,15). The molecule has 0 saturated heterocycles. The van der Waals surface area contributed by atoms with E-state index < -0.39 is 5.97 Å². The summed E-state index contributed by atoms with van der Waals surface area (Å²) in [7, 11) is 0. The van der Waals surface area contributed by atoms with Crippen LogP contribution in [0.15, 0.2) is 35.9 Å². The predicted molar refractivity (Wildman–Crippen MR) is 56.9 cm³/mol. The van der Waals surface area contributed by atoms with Gasteiger partial charge in [0.2, 0.25) is 0 Å². The summed E-state index contributed by atoms with van der Waals surface area (Å²) in [6, 6.07) is 7.05. The molecule has 0 heterocycles. The van der Waals surface area contributed by atoms with Gasteiger partial charge in [0.25, 0.3) is 0 Å². The molecule has 0 aliphatic rings. The van der Waals surface area contributed by atoms with Crippen LogP contribution < -0.4 is 0 Å². The lowest BCUT2D eigenvalue weighted by Gasteiger charge is -1.98. The van der Waals surface area contributed by atoms with E-state index in [1.165, 1.54) is 6.92 Å². The maximum atomic E-state index is 11.6. The SMILES string of the molecule is CC(=CC(=O)c1cccc(C)c1)C(=O)O. The van der Waals surface area contributed by atoms with Crippen LogP contribution in [0, 0.1) is 6.92 Å². The van der Waals surface area contributed by atoms with Crippen molar-refractivity contribution in [1.29, 1.82) is 0 Å². The molecule has 15 heavy (non-hydrogen) atoms. The maximum Gasteiger partial charge on any atom is 0.331 e. The number of carboxylic acid groups (broad SMARTS) is 1. The van der Waals surface area contributed by atoms with E-state index in [1.807, 2.05) is 13.0 Å². The first-order valence-electron chi connectivity index (χ1n) is 4.53. The van der Waals surface area contributed by atoms with Gasteiger partial charge >= 0.3 is 5.97 Å². The van der Waals surface area contributed by atoms with E-state index in [2.05, 4.69) is 0 Å². The van der Waals surface area contributed by atoms with Crippen molar-refractivity contribution in [3.05, 3.63) is 47.0 Å². The van der Waals surface area contributed by atoms with Gasteiger partial charge in [-0.15, -0.1) is 0 Å². The Hall–Kier alpha value is -1.90. The van der Waals surface area contributed by atoms with Crippen molar-refractivity contribution in [3.8, 4) is 0 Å². The van der Waals surface area contributed by atoms with Gasteiger partial charge in [-0.1, -0.05) is 23.8 Å². The van der Waals surface area contributed by atoms with Crippen molar-refractivity contribution in [1.82, 2.24) is 0 Å². The molecule has 0 aromatic heterocycles. The molecule has 0 unspecified atom stereocenters. The van der Waals surface area contributed by atoms with Crippen molar-refractivity contribution >= 4 is 11.8 Å². The number of hydrogen-bond donors (Lipinski definition) is 1. The van der Waals surface area contributed by atoms with Crippen LogP contribution in [-0.4, -0.2) is 16.9 Å². The van der Waals surface area contributed by atoms with Crippen LogP contribution in [0.4, 0.5) is 0 Å². The average molecular weight is 204 g/mol. The molecule has 1 N–H and O–H groups in total. The molecule has 3 nitrogen and oxygen atoms in total. The summed E-state index contributed by atoms with van der Waals surface area (Å²) in [6.07, 6.45) is 1.14. The molecule has 0 bridgehead atoms. The largest absolute Gasteiger partial charge is 0.478 e. The van der Waals surface area contributed by atoms with Crippen LogP contribution >= 0.6 is 0 Å². The zero-order valence-corrected chi connectivity index (χ0v) is 8.65. The summed E-state index contributed by atoms with van der Waals surface area (Å²) in [5.41, 5.74) is 1.53. The van der Waals surface area contributed by atoms with Gasteiger partial charge < -0.3 is 5.11 Å². The zero-order valence-electron chi connectivity index (χ0n) is 8.65. The lowest BCUT2D eigenvalue weighted by atomic mass is 10.1. The molecule has 0 atom stereocenters. The van der Waals surface area contributed by atoms with Gasteiger partial charge in [-0.3, -0.25) is 4.79 Å². The lowest BCUT2D eigenvalue weighted by molar-refractivity contribution is -0.132. The monoisotopic (exact) mass is 204 g/mol. The molecule has 1 aromatic rings. The second kappa shape index (κ2) is 4.55. The Balaban J connectivity index is 2.96. The van der Waals surface area contributed by atoms with E-state index in [1.54, 1.807) is 18.2 Å². The van der Waals surface area contributed by atoms with Crippen LogP contribution in [0.3, 0.4) is 0 Å². The summed E-state index contributed by atoms with van der Waals surface area (Å²) < 4.78 is 0. The number of ketones is 1. The van der Waals surface area contributed by atoms with Crippen LogP contribution in [0.5, 0.6) is 0 Å². The predicted octanol–water partition coefficient (Wildman–Crippen LogP) is 2.21. The summed E-state index contributed by atoms with van der Waals surface area (Å²) in [6.45, 7) is 3.28. The minimum Gasteiger partial charge on any atom is -0.478 e. The van der Waals surface area contributed by atoms with Crippen molar-refractivity contribution in [2.24, 2.45) is 0 Å². The van der Waals surface area contributed by atoms with Gasteiger partial charge in [0.1, 0.15) is 0 Å². The third kappa shape index (κ3) is 3.06. The van der Waals surface area contributed by atoms with Crippen molar-refractivity contribution in [3.63, 3.8) is 0 Å². The van der Waals surface area contributed by atoms with Gasteiger partial charge in [-0.2, -0.15) is 0 Å². The summed E-state index contributed by atoms with van der Waals surface area (Å²) in [5, 5.41) is 8.61. The number of aliphatic carboxylic acids is 1. The lowest BCUT2D eigenvalue weighted by Crippen LogP contribution is -2.01. The molecule has 1 aromatic carbocycles. The Morgan fingerprint density at radius 3 is 2.53 bits per heavy atom. The molecule has 3 heteroatoms. The van der Waals surface area contributed by atoms with E-state index in [0.29, 0.717) is 5.56 Å². The van der Waals surface area contributed by atoms with Gasteiger partial charge in [-0.25, -0.2) is 4.79 Å². The highest BCUT2D eigenvalue weighted by Gasteiger charge is 2.06. The molecule has 0 aliphatic heterocycles. The third-order valence-electron chi connectivity index (χ3n) is 1.99. The fraction of sp³-hybridized carbons (Fsp3) is 0.167. The van der Waals surface area contributed by atoms with E-state index in [4.69, 9.17) is 5.11 Å². The topological polar surface area (TPSA) is 54.4 Å². The second-order valence-corrected chi connectivity index (χ2v) is 3.37. The smallest absolute Gasteiger partial charge is 0.331 e. The quantitative estimate of drug-likeness (QED) is 0.606. The van der Waals surface area contributed by atoms with Gasteiger partial charge in [0.05, 0.1) is 0 Å². The first-order valence-corrected chi connectivity index (χ1v) is 4.53. The molecule has 1 rings (SSSR count). The minimum absolute atomic E-state index is 0.0431. The Labute approximate surface area is 88.0 Å². The highest BCUT2D eigenvalue weighted by molar-refractivity contribution is 6.08. The molecule has 0 amide bonds. The molecule has 78 valence electrons. The number of carbonyl (C=O) groups is 2. The summed E-state index contributed by atoms with van der Waals surface area (Å²) >= 11 is 0. The van der Waals surface area contributed by atoms with Crippen LogP contribution in [0.1, 0.15) is 22.8 Å². The van der Waals surface area contributed by atoms with E-state index in [-0.39, 0.29) is 11.4 Å². The first-order chi connectivity index (χ1) is 7.00. The molecular weight excluding hydrogens is 192 g/mol. The number of aryl methyl sites for hydroxylation is 1. The number of hydrogen-bond acceptors (Lipinski definition) is 2. The van der Waals surface area contributed by atoms with Crippen molar-refractivity contribution < 1.29 is 14.7 Å². The zero-order chi connectivity index (χ0) is 11.4. The van der Waals surface area contributed by atoms with Crippen molar-refractivity contribution in [2.75, 3.05) is 0 Å². The Morgan fingerprint density at radius 2 is 2.00 bits per heavy atom. The Kier molecular flexibility index (Phi) is 3.39. The number of carbonyl (C=O) groups excluding carboxylic acids is 1. The van der Waals surface area contributed by atoms with Gasteiger partial charge in [0.15, 0.2) is 5.78 Å². The van der Waals surface area contributed by atoms with Crippen LogP contribution in [0.25, 0.3) is 0 Å². The highest BCUT2D eigenvalue weighted by atomic mass is 16.4. The fourth-order valence-electron chi connectivity index (χ4n) is 1.14. The molecule has 0 aliphatic carbocycles. The number of rotatable bonds is 3. The minimum atomic E-state index is -1.07. The van der Waals surface area contributed by atoms with Gasteiger partial charge in [0, 0.05) is 11.1 Å². The Bertz CT molecular complexity index is 430. The Morgan fingerprint density at radius 1 is 1.33 bits per heavy atom. The molecule has 0 saturated carbocycles. The van der Waals surface area contributed by atoms with E-state index in [9.17, 15) is 9.59 Å². The normalized spacial score (nSPS) is 11.2. The highest BCUT2D eigenvalue weighted by Crippen LogP contribution is 2.07. The third-order valence-corrected chi connectivity index (χ3v) is 1.99. The molecule has 0 spiro atoms. The maximum absolute atomic E-state index is 11.6. The summed E-state index contributed by atoms with van der Waals surface area (Å²) in [5.74, 6) is -1.35.